The van der Waals surface area contributed by atoms with Gasteiger partial charge in [0.2, 0.25) is 0 Å². The van der Waals surface area contributed by atoms with Crippen molar-refractivity contribution in [2.45, 2.75) is 71.8 Å². The normalized spacial score (nSPS) is 10.8. The van der Waals surface area contributed by atoms with Crippen LogP contribution in [0.25, 0.3) is 0 Å². The maximum atomic E-state index is 11.9. The predicted molar refractivity (Wildman–Crippen MR) is 74.8 cm³/mol. The molecular formula is C15H26N2O. The zero-order valence-electron chi connectivity index (χ0n) is 11.8. The number of aromatic nitrogens is 2. The summed E-state index contributed by atoms with van der Waals surface area (Å²) in [4.78, 5) is 11.9. The van der Waals surface area contributed by atoms with Gasteiger partial charge in [0.05, 0.1) is 11.8 Å². The number of nitrogens with zero attached hydrogens (tertiary/aromatic N) is 2. The van der Waals surface area contributed by atoms with E-state index in [1.165, 1.54) is 32.1 Å². The van der Waals surface area contributed by atoms with Crippen molar-refractivity contribution in [2.24, 2.45) is 0 Å². The second kappa shape index (κ2) is 8.90. The van der Waals surface area contributed by atoms with Crippen LogP contribution in [0.2, 0.25) is 0 Å². The third-order valence-corrected chi connectivity index (χ3v) is 3.17. The number of hydrogen-bond donors (Lipinski definition) is 0. The van der Waals surface area contributed by atoms with Crippen molar-refractivity contribution in [1.82, 2.24) is 9.78 Å². The summed E-state index contributed by atoms with van der Waals surface area (Å²) in [5.74, 6) is 0.243. The molecule has 0 N–H and O–H groups in total. The molecule has 3 nitrogen and oxygen atoms in total. The molecular weight excluding hydrogens is 224 g/mol. The van der Waals surface area contributed by atoms with Gasteiger partial charge in [-0.2, -0.15) is 5.10 Å². The molecule has 18 heavy (non-hydrogen) atoms. The van der Waals surface area contributed by atoms with E-state index in [4.69, 9.17) is 0 Å². The number of rotatable bonds is 10. The average molecular weight is 250 g/mol. The maximum absolute atomic E-state index is 11.9. The van der Waals surface area contributed by atoms with Gasteiger partial charge in [0.25, 0.3) is 0 Å². The summed E-state index contributed by atoms with van der Waals surface area (Å²) in [6.07, 6.45) is 12.6. The summed E-state index contributed by atoms with van der Waals surface area (Å²) in [5, 5.41) is 4.19. The lowest BCUT2D eigenvalue weighted by Crippen LogP contribution is -1.99. The van der Waals surface area contributed by atoms with Gasteiger partial charge in [0.1, 0.15) is 0 Å². The molecule has 0 atom stereocenters. The minimum atomic E-state index is 0.243. The van der Waals surface area contributed by atoms with Crippen molar-refractivity contribution < 1.29 is 4.79 Å². The van der Waals surface area contributed by atoms with Gasteiger partial charge in [-0.1, -0.05) is 46.0 Å². The minimum absolute atomic E-state index is 0.243. The number of aryl methyl sites for hydroxylation is 1. The molecule has 1 heterocycles. The zero-order chi connectivity index (χ0) is 13.2. The monoisotopic (exact) mass is 250 g/mol. The van der Waals surface area contributed by atoms with Crippen molar-refractivity contribution in [2.75, 3.05) is 0 Å². The first-order valence-corrected chi connectivity index (χ1v) is 7.33. The molecule has 0 amide bonds. The fraction of sp³-hybridized carbons (Fsp3) is 0.733. The number of carbonyl (C=O) groups is 1. The average Bonchev–Trinajstić information content (AvgIpc) is 2.82. The van der Waals surface area contributed by atoms with E-state index in [-0.39, 0.29) is 5.78 Å². The second-order valence-corrected chi connectivity index (χ2v) is 4.93. The molecule has 0 saturated heterocycles. The van der Waals surface area contributed by atoms with Crippen molar-refractivity contribution in [1.29, 1.82) is 0 Å². The minimum Gasteiger partial charge on any atom is -0.294 e. The summed E-state index contributed by atoms with van der Waals surface area (Å²) < 4.78 is 1.86. The molecule has 0 spiro atoms. The van der Waals surface area contributed by atoms with Crippen LogP contribution in [0.15, 0.2) is 12.4 Å². The van der Waals surface area contributed by atoms with Gasteiger partial charge in [0, 0.05) is 19.2 Å². The molecule has 0 aliphatic heterocycles. The Morgan fingerprint density at radius 3 is 2.56 bits per heavy atom. The van der Waals surface area contributed by atoms with Crippen LogP contribution in [0.1, 0.15) is 75.6 Å². The summed E-state index contributed by atoms with van der Waals surface area (Å²) in [6, 6.07) is 0. The largest absolute Gasteiger partial charge is 0.294 e. The lowest BCUT2D eigenvalue weighted by atomic mass is 10.1. The highest BCUT2D eigenvalue weighted by molar-refractivity contribution is 5.95. The Balaban J connectivity index is 2.19. The molecule has 1 aromatic rings. The van der Waals surface area contributed by atoms with E-state index in [2.05, 4.69) is 18.9 Å². The Morgan fingerprint density at radius 2 is 1.83 bits per heavy atom. The van der Waals surface area contributed by atoms with Gasteiger partial charge in [-0.25, -0.2) is 0 Å². The number of hydrogen-bond acceptors (Lipinski definition) is 2. The van der Waals surface area contributed by atoms with Crippen molar-refractivity contribution in [3.8, 4) is 0 Å². The van der Waals surface area contributed by atoms with Crippen LogP contribution in [0.5, 0.6) is 0 Å². The lowest BCUT2D eigenvalue weighted by molar-refractivity contribution is 0.0979. The Hall–Kier alpha value is -1.12. The number of ketones is 1. The van der Waals surface area contributed by atoms with Gasteiger partial charge in [-0.05, 0) is 12.8 Å². The van der Waals surface area contributed by atoms with E-state index in [1.807, 2.05) is 10.9 Å². The highest BCUT2D eigenvalue weighted by Gasteiger charge is 2.07. The van der Waals surface area contributed by atoms with E-state index >= 15 is 0 Å². The molecule has 3 heteroatoms. The quantitative estimate of drug-likeness (QED) is 0.460. The topological polar surface area (TPSA) is 34.9 Å². The van der Waals surface area contributed by atoms with Crippen LogP contribution in [0.3, 0.4) is 0 Å². The van der Waals surface area contributed by atoms with Crippen LogP contribution in [-0.4, -0.2) is 15.6 Å². The van der Waals surface area contributed by atoms with Crippen LogP contribution in [-0.2, 0) is 6.54 Å². The number of carbonyl (C=O) groups excluding carboxylic acids is 1. The van der Waals surface area contributed by atoms with Crippen LogP contribution in [0.4, 0.5) is 0 Å². The second-order valence-electron chi connectivity index (χ2n) is 4.93. The molecule has 0 aliphatic rings. The summed E-state index contributed by atoms with van der Waals surface area (Å²) in [6.45, 7) is 5.22. The number of unbranched alkanes of at least 4 members (excludes halogenated alkanes) is 5. The van der Waals surface area contributed by atoms with E-state index in [0.29, 0.717) is 6.42 Å². The van der Waals surface area contributed by atoms with E-state index in [9.17, 15) is 4.79 Å². The molecule has 0 fully saturated rings. The smallest absolute Gasteiger partial charge is 0.166 e. The zero-order valence-corrected chi connectivity index (χ0v) is 11.8. The van der Waals surface area contributed by atoms with Gasteiger partial charge in [-0.15, -0.1) is 0 Å². The molecule has 0 unspecified atom stereocenters. The molecule has 1 aromatic heterocycles. The summed E-state index contributed by atoms with van der Waals surface area (Å²) >= 11 is 0. The standard InChI is InChI=1S/C15H26N2O/c1-3-5-6-7-8-9-10-15(18)14-12-16-17(13-14)11-4-2/h12-13H,3-11H2,1-2H3. The first kappa shape index (κ1) is 14.9. The Kier molecular flexibility index (Phi) is 7.38. The van der Waals surface area contributed by atoms with Crippen LogP contribution >= 0.6 is 0 Å². The van der Waals surface area contributed by atoms with Crippen molar-refractivity contribution in [3.63, 3.8) is 0 Å². The fourth-order valence-electron chi connectivity index (χ4n) is 2.07. The molecule has 102 valence electrons. The molecule has 0 aromatic carbocycles. The van der Waals surface area contributed by atoms with E-state index < -0.39 is 0 Å². The molecule has 0 aliphatic carbocycles. The number of Topliss-reactive ketones (excluding diaryl/α,β-unsaturated/α-hetero) is 1. The SMILES string of the molecule is CCCCCCCCC(=O)c1cnn(CCC)c1. The maximum Gasteiger partial charge on any atom is 0.166 e. The third-order valence-electron chi connectivity index (χ3n) is 3.17. The van der Waals surface area contributed by atoms with Gasteiger partial charge in [0.15, 0.2) is 5.78 Å². The summed E-state index contributed by atoms with van der Waals surface area (Å²) in [7, 11) is 0. The fourth-order valence-corrected chi connectivity index (χ4v) is 2.07. The van der Waals surface area contributed by atoms with Crippen molar-refractivity contribution in [3.05, 3.63) is 18.0 Å². The van der Waals surface area contributed by atoms with E-state index in [1.54, 1.807) is 6.20 Å². The third kappa shape index (κ3) is 5.48. The predicted octanol–water partition coefficient (Wildman–Crippen LogP) is 4.23. The first-order valence-electron chi connectivity index (χ1n) is 7.33. The lowest BCUT2D eigenvalue weighted by Gasteiger charge is -1.99. The molecule has 1 rings (SSSR count). The molecule has 0 bridgehead atoms. The van der Waals surface area contributed by atoms with E-state index in [0.717, 1.165) is 24.9 Å². The van der Waals surface area contributed by atoms with Crippen LogP contribution in [0, 0.1) is 0 Å². The Bertz CT molecular complexity index is 344. The Labute approximate surface area is 111 Å². The van der Waals surface area contributed by atoms with Crippen molar-refractivity contribution >= 4 is 5.78 Å². The van der Waals surface area contributed by atoms with Gasteiger partial charge in [-0.3, -0.25) is 9.48 Å². The summed E-state index contributed by atoms with van der Waals surface area (Å²) in [5.41, 5.74) is 0.775. The molecule has 0 radical (unpaired) electrons. The Morgan fingerprint density at radius 1 is 1.11 bits per heavy atom. The van der Waals surface area contributed by atoms with Crippen LogP contribution < -0.4 is 0 Å². The first-order chi connectivity index (χ1) is 8.77. The highest BCUT2D eigenvalue weighted by Crippen LogP contribution is 2.10. The highest BCUT2D eigenvalue weighted by atomic mass is 16.1. The van der Waals surface area contributed by atoms with Gasteiger partial charge < -0.3 is 0 Å². The van der Waals surface area contributed by atoms with Gasteiger partial charge >= 0.3 is 0 Å². The molecule has 0 saturated carbocycles.